The minimum atomic E-state index is -0.0999. The molecule has 1 aromatic carbocycles. The second-order valence-electron chi connectivity index (χ2n) is 4.68. The van der Waals surface area contributed by atoms with Crippen molar-refractivity contribution in [2.75, 3.05) is 11.1 Å². The quantitative estimate of drug-likeness (QED) is 0.653. The van der Waals surface area contributed by atoms with Crippen molar-refractivity contribution >= 4 is 34.7 Å². The summed E-state index contributed by atoms with van der Waals surface area (Å²) in [4.78, 5) is 16.2. The molecule has 3 aromatic rings. The van der Waals surface area contributed by atoms with Crippen LogP contribution in [0.5, 0.6) is 5.75 Å². The summed E-state index contributed by atoms with van der Waals surface area (Å²) in [7, 11) is 0. The molecule has 0 aliphatic carbocycles. The lowest BCUT2D eigenvalue weighted by Crippen LogP contribution is -2.14. The summed E-state index contributed by atoms with van der Waals surface area (Å²) in [6.07, 6.45) is 1.73. The van der Waals surface area contributed by atoms with Gasteiger partial charge in [0.2, 0.25) is 5.91 Å². The Morgan fingerprint density at radius 3 is 3.00 bits per heavy atom. The van der Waals surface area contributed by atoms with E-state index in [1.165, 1.54) is 23.1 Å². The molecule has 0 atom stereocenters. The van der Waals surface area contributed by atoms with Crippen molar-refractivity contribution in [2.45, 2.75) is 10.9 Å². The Bertz CT molecular complexity index is 782. The van der Waals surface area contributed by atoms with Crippen molar-refractivity contribution in [2.24, 2.45) is 0 Å². The Labute approximate surface area is 147 Å². The second-order valence-corrected chi connectivity index (χ2v) is 6.73. The predicted molar refractivity (Wildman–Crippen MR) is 94.3 cm³/mol. The van der Waals surface area contributed by atoms with Crippen molar-refractivity contribution in [1.82, 2.24) is 15.2 Å². The van der Waals surface area contributed by atoms with Crippen LogP contribution in [0.3, 0.4) is 0 Å². The van der Waals surface area contributed by atoms with Gasteiger partial charge in [0.05, 0.1) is 11.4 Å². The highest BCUT2D eigenvalue weighted by Gasteiger charge is 2.06. The van der Waals surface area contributed by atoms with Crippen LogP contribution in [0.4, 0.5) is 5.69 Å². The van der Waals surface area contributed by atoms with E-state index in [0.29, 0.717) is 18.0 Å². The molecule has 0 saturated heterocycles. The summed E-state index contributed by atoms with van der Waals surface area (Å²) in [6, 6.07) is 13.0. The Kier molecular flexibility index (Phi) is 5.75. The van der Waals surface area contributed by atoms with Gasteiger partial charge in [-0.2, -0.15) is 0 Å². The lowest BCUT2D eigenvalue weighted by Gasteiger charge is -2.08. The summed E-state index contributed by atoms with van der Waals surface area (Å²) in [5.41, 5.74) is 3.18. The molecule has 1 N–H and O–H groups in total. The van der Waals surface area contributed by atoms with Gasteiger partial charge in [-0.15, -0.1) is 10.2 Å². The number of anilines is 1. The second kappa shape index (κ2) is 8.42. The Morgan fingerprint density at radius 1 is 1.25 bits per heavy atom. The molecule has 0 aliphatic heterocycles. The number of amides is 1. The third kappa shape index (κ3) is 5.04. The van der Waals surface area contributed by atoms with E-state index in [4.69, 9.17) is 4.74 Å². The molecule has 2 aromatic heterocycles. The van der Waals surface area contributed by atoms with Gasteiger partial charge in [-0.05, 0) is 24.3 Å². The van der Waals surface area contributed by atoms with Gasteiger partial charge in [0.1, 0.15) is 17.9 Å². The van der Waals surface area contributed by atoms with Gasteiger partial charge in [-0.3, -0.25) is 9.78 Å². The van der Waals surface area contributed by atoms with Gasteiger partial charge < -0.3 is 10.1 Å². The van der Waals surface area contributed by atoms with Crippen molar-refractivity contribution < 1.29 is 9.53 Å². The standard InChI is InChI=1S/C16H14N4O2S2/c21-15(10-23-16-20-18-11-24-16)19-12-5-3-6-14(8-12)22-9-13-4-1-2-7-17-13/h1-8,11H,9-10H2,(H,19,21). The van der Waals surface area contributed by atoms with Gasteiger partial charge in [-0.1, -0.05) is 35.2 Å². The molecular weight excluding hydrogens is 344 g/mol. The van der Waals surface area contributed by atoms with Crippen LogP contribution in [0.2, 0.25) is 0 Å². The first-order valence-electron chi connectivity index (χ1n) is 7.11. The number of rotatable bonds is 7. The number of carbonyl (C=O) groups excluding carboxylic acids is 1. The van der Waals surface area contributed by atoms with E-state index >= 15 is 0 Å². The molecule has 2 heterocycles. The number of nitrogens with one attached hydrogen (secondary N) is 1. The van der Waals surface area contributed by atoms with Crippen molar-refractivity contribution in [3.05, 3.63) is 59.9 Å². The lowest BCUT2D eigenvalue weighted by molar-refractivity contribution is -0.113. The minimum absolute atomic E-state index is 0.0999. The Hall–Kier alpha value is -2.45. The molecule has 3 rings (SSSR count). The average Bonchev–Trinajstić information content (AvgIpc) is 3.13. The zero-order chi connectivity index (χ0) is 16.6. The molecule has 0 saturated carbocycles. The van der Waals surface area contributed by atoms with Crippen LogP contribution in [0, 0.1) is 0 Å². The molecule has 1 amide bonds. The van der Waals surface area contributed by atoms with Crippen LogP contribution < -0.4 is 10.1 Å². The van der Waals surface area contributed by atoms with Gasteiger partial charge in [0.25, 0.3) is 0 Å². The molecule has 0 unspecified atom stereocenters. The maximum absolute atomic E-state index is 12.0. The third-order valence-electron chi connectivity index (χ3n) is 2.90. The van der Waals surface area contributed by atoms with Crippen molar-refractivity contribution in [3.8, 4) is 5.75 Å². The van der Waals surface area contributed by atoms with E-state index in [-0.39, 0.29) is 11.7 Å². The zero-order valence-corrected chi connectivity index (χ0v) is 14.2. The highest BCUT2D eigenvalue weighted by Crippen LogP contribution is 2.21. The Morgan fingerprint density at radius 2 is 2.21 bits per heavy atom. The first-order chi connectivity index (χ1) is 11.8. The van der Waals surface area contributed by atoms with Crippen molar-refractivity contribution in [3.63, 3.8) is 0 Å². The number of carbonyl (C=O) groups is 1. The smallest absolute Gasteiger partial charge is 0.234 e. The molecule has 0 radical (unpaired) electrons. The third-order valence-corrected chi connectivity index (χ3v) is 4.76. The highest BCUT2D eigenvalue weighted by atomic mass is 32.2. The summed E-state index contributed by atoms with van der Waals surface area (Å²) < 4.78 is 6.47. The van der Waals surface area contributed by atoms with E-state index in [9.17, 15) is 4.79 Å². The van der Waals surface area contributed by atoms with Crippen LogP contribution >= 0.6 is 23.1 Å². The fourth-order valence-corrected chi connectivity index (χ4v) is 3.14. The molecule has 24 heavy (non-hydrogen) atoms. The highest BCUT2D eigenvalue weighted by molar-refractivity contribution is 8.01. The molecule has 122 valence electrons. The number of benzene rings is 1. The van der Waals surface area contributed by atoms with E-state index in [2.05, 4.69) is 20.5 Å². The fraction of sp³-hybridized carbons (Fsp3) is 0.125. The Balaban J connectivity index is 1.51. The van der Waals surface area contributed by atoms with E-state index in [1.807, 2.05) is 36.4 Å². The number of aromatic nitrogens is 3. The minimum Gasteiger partial charge on any atom is -0.487 e. The molecule has 0 fully saturated rings. The fourth-order valence-electron chi connectivity index (χ4n) is 1.85. The zero-order valence-electron chi connectivity index (χ0n) is 12.6. The largest absolute Gasteiger partial charge is 0.487 e. The SMILES string of the molecule is O=C(CSc1nncs1)Nc1cccc(OCc2ccccn2)c1. The maximum Gasteiger partial charge on any atom is 0.234 e. The summed E-state index contributed by atoms with van der Waals surface area (Å²) in [5, 5.41) is 10.5. The first kappa shape index (κ1) is 16.4. The van der Waals surface area contributed by atoms with Crippen molar-refractivity contribution in [1.29, 1.82) is 0 Å². The predicted octanol–water partition coefficient (Wildman–Crippen LogP) is 3.24. The normalized spacial score (nSPS) is 10.3. The van der Waals surface area contributed by atoms with Gasteiger partial charge in [-0.25, -0.2) is 0 Å². The van der Waals surface area contributed by atoms with E-state index in [1.54, 1.807) is 17.8 Å². The van der Waals surface area contributed by atoms with E-state index < -0.39 is 0 Å². The van der Waals surface area contributed by atoms with Gasteiger partial charge in [0.15, 0.2) is 4.34 Å². The van der Waals surface area contributed by atoms with Crippen LogP contribution in [-0.4, -0.2) is 26.8 Å². The lowest BCUT2D eigenvalue weighted by atomic mass is 10.3. The summed E-state index contributed by atoms with van der Waals surface area (Å²) >= 11 is 2.77. The van der Waals surface area contributed by atoms with Crippen LogP contribution in [0.15, 0.2) is 58.5 Å². The topological polar surface area (TPSA) is 77.0 Å². The summed E-state index contributed by atoms with van der Waals surface area (Å²) in [6.45, 7) is 0.380. The first-order valence-corrected chi connectivity index (χ1v) is 8.98. The number of nitrogens with zero attached hydrogens (tertiary/aromatic N) is 3. The number of ether oxygens (including phenoxy) is 1. The molecule has 0 spiro atoms. The number of thioether (sulfide) groups is 1. The van der Waals surface area contributed by atoms with Crippen LogP contribution in [-0.2, 0) is 11.4 Å². The van der Waals surface area contributed by atoms with Crippen LogP contribution in [0.1, 0.15) is 5.69 Å². The molecule has 6 nitrogen and oxygen atoms in total. The average molecular weight is 358 g/mol. The number of pyridine rings is 1. The molecule has 0 aliphatic rings. The maximum atomic E-state index is 12.0. The molecular formula is C16H14N4O2S2. The summed E-state index contributed by atoms with van der Waals surface area (Å²) in [5.74, 6) is 0.862. The number of hydrogen-bond donors (Lipinski definition) is 1. The van der Waals surface area contributed by atoms with Crippen LogP contribution in [0.25, 0.3) is 0 Å². The van der Waals surface area contributed by atoms with Gasteiger partial charge >= 0.3 is 0 Å². The molecule has 0 bridgehead atoms. The van der Waals surface area contributed by atoms with E-state index in [0.717, 1.165) is 10.0 Å². The monoisotopic (exact) mass is 358 g/mol. The number of hydrogen-bond acceptors (Lipinski definition) is 7. The van der Waals surface area contributed by atoms with Gasteiger partial charge in [0, 0.05) is 18.0 Å². The molecule has 8 heteroatoms.